The van der Waals surface area contributed by atoms with Gasteiger partial charge in [-0.25, -0.2) is 4.68 Å². The minimum atomic E-state index is -0.224. The van der Waals surface area contributed by atoms with E-state index >= 15 is 0 Å². The maximum absolute atomic E-state index is 12.8. The van der Waals surface area contributed by atoms with Gasteiger partial charge in [0.1, 0.15) is 17.4 Å². The summed E-state index contributed by atoms with van der Waals surface area (Å²) in [4.78, 5) is 29.3. The van der Waals surface area contributed by atoms with Crippen molar-refractivity contribution in [3.8, 4) is 17.5 Å². The molecule has 9 nitrogen and oxygen atoms in total. The summed E-state index contributed by atoms with van der Waals surface area (Å²) in [5, 5.41) is 16.5. The van der Waals surface area contributed by atoms with Crippen LogP contribution in [0.15, 0.2) is 60.8 Å². The molecule has 9 heteroatoms. The van der Waals surface area contributed by atoms with Crippen LogP contribution in [0.5, 0.6) is 5.75 Å². The Hall–Kier alpha value is -4.16. The van der Waals surface area contributed by atoms with Crippen molar-refractivity contribution in [3.63, 3.8) is 0 Å². The van der Waals surface area contributed by atoms with Crippen LogP contribution in [0.3, 0.4) is 0 Å². The zero-order valence-electron chi connectivity index (χ0n) is 19.7. The fourth-order valence-corrected chi connectivity index (χ4v) is 4.05. The van der Waals surface area contributed by atoms with E-state index in [0.29, 0.717) is 50.4 Å². The Morgan fingerprint density at radius 2 is 1.77 bits per heavy atom. The summed E-state index contributed by atoms with van der Waals surface area (Å²) < 4.78 is 6.72. The second-order valence-electron chi connectivity index (χ2n) is 8.32. The predicted molar refractivity (Wildman–Crippen MR) is 131 cm³/mol. The van der Waals surface area contributed by atoms with Crippen molar-refractivity contribution in [1.29, 1.82) is 5.26 Å². The van der Waals surface area contributed by atoms with Crippen LogP contribution in [0, 0.1) is 11.3 Å². The molecule has 0 saturated carbocycles. The number of nitrogens with one attached hydrogen (secondary N) is 1. The van der Waals surface area contributed by atoms with Crippen molar-refractivity contribution >= 4 is 17.6 Å². The Labute approximate surface area is 204 Å². The molecule has 35 heavy (non-hydrogen) atoms. The molecule has 1 saturated heterocycles. The van der Waals surface area contributed by atoms with Gasteiger partial charge in [0.25, 0.3) is 0 Å². The SMILES string of the molecule is COc1ccc(CCC(=O)N2CCN(CC(=O)Nc3c(C#N)cnn3-c3ccccc3)CC2)cc1. The normalized spacial score (nSPS) is 13.8. The van der Waals surface area contributed by atoms with Crippen LogP contribution in [-0.2, 0) is 16.0 Å². The van der Waals surface area contributed by atoms with E-state index in [0.717, 1.165) is 17.0 Å². The van der Waals surface area contributed by atoms with Gasteiger partial charge in [0, 0.05) is 32.6 Å². The minimum absolute atomic E-state index is 0.121. The third kappa shape index (κ3) is 6.05. The number of aryl methyl sites for hydroxylation is 1. The Kier molecular flexibility index (Phi) is 7.75. The monoisotopic (exact) mass is 472 g/mol. The van der Waals surface area contributed by atoms with Gasteiger partial charge in [0.2, 0.25) is 11.8 Å². The van der Waals surface area contributed by atoms with E-state index < -0.39 is 0 Å². The number of benzene rings is 2. The maximum Gasteiger partial charge on any atom is 0.239 e. The van der Waals surface area contributed by atoms with Crippen LogP contribution < -0.4 is 10.1 Å². The van der Waals surface area contributed by atoms with Crippen molar-refractivity contribution in [1.82, 2.24) is 19.6 Å². The summed E-state index contributed by atoms with van der Waals surface area (Å²) in [6, 6.07) is 19.2. The quantitative estimate of drug-likeness (QED) is 0.540. The fraction of sp³-hybridized carbons (Fsp3) is 0.308. The van der Waals surface area contributed by atoms with Crippen LogP contribution in [0.1, 0.15) is 17.5 Å². The third-order valence-electron chi connectivity index (χ3n) is 6.03. The predicted octanol–water partition coefficient (Wildman–Crippen LogP) is 2.47. The number of nitriles is 1. The number of nitrogens with zero attached hydrogens (tertiary/aromatic N) is 5. The van der Waals surface area contributed by atoms with E-state index in [1.807, 2.05) is 64.4 Å². The molecule has 2 aromatic carbocycles. The summed E-state index contributed by atoms with van der Waals surface area (Å²) in [7, 11) is 1.63. The second-order valence-corrected chi connectivity index (χ2v) is 8.32. The van der Waals surface area contributed by atoms with E-state index in [4.69, 9.17) is 4.74 Å². The summed E-state index contributed by atoms with van der Waals surface area (Å²) in [6.07, 6.45) is 2.58. The van der Waals surface area contributed by atoms with E-state index in [2.05, 4.69) is 16.5 Å². The average Bonchev–Trinajstić information content (AvgIpc) is 3.30. The second kappa shape index (κ2) is 11.3. The lowest BCUT2D eigenvalue weighted by molar-refractivity contribution is -0.133. The topological polar surface area (TPSA) is 103 Å². The number of amides is 2. The molecule has 1 aliphatic rings. The maximum atomic E-state index is 12.8. The van der Waals surface area contributed by atoms with Gasteiger partial charge in [-0.15, -0.1) is 0 Å². The van der Waals surface area contributed by atoms with Crippen molar-refractivity contribution in [3.05, 3.63) is 71.9 Å². The zero-order chi connectivity index (χ0) is 24.6. The first-order valence-corrected chi connectivity index (χ1v) is 11.5. The van der Waals surface area contributed by atoms with Gasteiger partial charge >= 0.3 is 0 Å². The highest BCUT2D eigenvalue weighted by atomic mass is 16.5. The number of hydrogen-bond acceptors (Lipinski definition) is 6. The highest BCUT2D eigenvalue weighted by Gasteiger charge is 2.23. The van der Waals surface area contributed by atoms with Gasteiger partial charge in [-0.1, -0.05) is 30.3 Å². The average molecular weight is 473 g/mol. The largest absolute Gasteiger partial charge is 0.497 e. The van der Waals surface area contributed by atoms with Gasteiger partial charge in [-0.05, 0) is 36.2 Å². The smallest absolute Gasteiger partial charge is 0.239 e. The molecule has 1 aliphatic heterocycles. The van der Waals surface area contributed by atoms with Gasteiger partial charge in [0.15, 0.2) is 5.82 Å². The lowest BCUT2D eigenvalue weighted by Gasteiger charge is -2.34. The van der Waals surface area contributed by atoms with Crippen LogP contribution in [0.2, 0.25) is 0 Å². The minimum Gasteiger partial charge on any atom is -0.497 e. The van der Waals surface area contributed by atoms with E-state index in [-0.39, 0.29) is 18.4 Å². The van der Waals surface area contributed by atoms with Crippen LogP contribution in [0.25, 0.3) is 5.69 Å². The summed E-state index contributed by atoms with van der Waals surface area (Å²) in [5.74, 6) is 1.05. The molecule has 0 aliphatic carbocycles. The molecule has 0 spiro atoms. The molecule has 0 radical (unpaired) electrons. The number of hydrogen-bond donors (Lipinski definition) is 1. The first-order valence-electron chi connectivity index (χ1n) is 11.5. The van der Waals surface area contributed by atoms with Gasteiger partial charge in [-0.2, -0.15) is 10.4 Å². The Balaban J connectivity index is 1.26. The number of rotatable bonds is 8. The molecule has 3 aromatic rings. The molecule has 1 N–H and O–H groups in total. The molecule has 1 aromatic heterocycles. The van der Waals surface area contributed by atoms with Crippen molar-refractivity contribution in [2.45, 2.75) is 12.8 Å². The molecule has 4 rings (SSSR count). The lowest BCUT2D eigenvalue weighted by Crippen LogP contribution is -2.50. The summed E-state index contributed by atoms with van der Waals surface area (Å²) in [6.45, 7) is 2.58. The number of methoxy groups -OCH3 is 1. The number of ether oxygens (including phenoxy) is 1. The zero-order valence-corrected chi connectivity index (χ0v) is 19.7. The first-order chi connectivity index (χ1) is 17.1. The highest BCUT2D eigenvalue weighted by Crippen LogP contribution is 2.20. The van der Waals surface area contributed by atoms with Crippen LogP contribution in [-0.4, -0.2) is 71.2 Å². The van der Waals surface area contributed by atoms with E-state index in [1.165, 1.54) is 6.20 Å². The van der Waals surface area contributed by atoms with E-state index in [9.17, 15) is 14.9 Å². The molecule has 0 atom stereocenters. The molecule has 1 fully saturated rings. The number of piperazine rings is 1. The molecule has 2 heterocycles. The molecule has 0 bridgehead atoms. The van der Waals surface area contributed by atoms with Gasteiger partial charge < -0.3 is 15.0 Å². The lowest BCUT2D eigenvalue weighted by atomic mass is 10.1. The van der Waals surface area contributed by atoms with Crippen LogP contribution in [0.4, 0.5) is 5.82 Å². The number of anilines is 1. The molecule has 0 unspecified atom stereocenters. The number of para-hydroxylation sites is 1. The number of carbonyl (C=O) groups excluding carboxylic acids is 2. The van der Waals surface area contributed by atoms with E-state index in [1.54, 1.807) is 11.8 Å². The summed E-state index contributed by atoms with van der Waals surface area (Å²) >= 11 is 0. The van der Waals surface area contributed by atoms with Crippen LogP contribution >= 0.6 is 0 Å². The summed E-state index contributed by atoms with van der Waals surface area (Å²) in [5.41, 5.74) is 2.15. The molecule has 180 valence electrons. The number of carbonyl (C=O) groups is 2. The Bertz CT molecular complexity index is 1190. The van der Waals surface area contributed by atoms with Gasteiger partial charge in [0.05, 0.1) is 25.5 Å². The van der Waals surface area contributed by atoms with Crippen molar-refractivity contribution < 1.29 is 14.3 Å². The van der Waals surface area contributed by atoms with Crippen molar-refractivity contribution in [2.75, 3.05) is 45.2 Å². The molecular weight excluding hydrogens is 444 g/mol. The highest BCUT2D eigenvalue weighted by molar-refractivity contribution is 5.93. The number of aromatic nitrogens is 2. The third-order valence-corrected chi connectivity index (χ3v) is 6.03. The Morgan fingerprint density at radius 1 is 1.06 bits per heavy atom. The molecule has 2 amide bonds. The van der Waals surface area contributed by atoms with Crippen molar-refractivity contribution in [2.24, 2.45) is 0 Å². The molecular formula is C26H28N6O3. The van der Waals surface area contributed by atoms with Gasteiger partial charge in [-0.3, -0.25) is 14.5 Å². The first kappa shape index (κ1) is 24.0. The fourth-order valence-electron chi connectivity index (χ4n) is 4.05. The Morgan fingerprint density at radius 3 is 2.43 bits per heavy atom. The standard InChI is InChI=1S/C26H28N6O3/c1-35-23-10-7-20(8-11-23)9-12-25(34)31-15-13-30(14-16-31)19-24(33)29-26-21(17-27)18-28-32(26)22-5-3-2-4-6-22/h2-8,10-11,18H,9,12-16,19H2,1H3,(H,29,33).